The highest BCUT2D eigenvalue weighted by Crippen LogP contribution is 2.08. The first-order valence-corrected chi connectivity index (χ1v) is 7.31. The fourth-order valence-corrected chi connectivity index (χ4v) is 2.38. The summed E-state index contributed by atoms with van der Waals surface area (Å²) in [5, 5.41) is 3.70. The van der Waals surface area contributed by atoms with Crippen LogP contribution in [0.1, 0.15) is 33.1 Å². The van der Waals surface area contributed by atoms with E-state index < -0.39 is 0 Å². The second-order valence-corrected chi connectivity index (χ2v) is 5.20. The van der Waals surface area contributed by atoms with Gasteiger partial charge < -0.3 is 19.7 Å². The van der Waals surface area contributed by atoms with Crippen LogP contribution in [-0.2, 0) is 9.47 Å². The minimum absolute atomic E-state index is 0.632. The molecule has 1 aliphatic rings. The third-order valence-corrected chi connectivity index (χ3v) is 3.67. The third-order valence-electron chi connectivity index (χ3n) is 3.67. The maximum atomic E-state index is 5.55. The Balaban J connectivity index is 2.19. The van der Waals surface area contributed by atoms with Crippen molar-refractivity contribution in [3.05, 3.63) is 0 Å². The summed E-state index contributed by atoms with van der Waals surface area (Å²) >= 11 is 0. The number of methoxy groups -OCH3 is 1. The van der Waals surface area contributed by atoms with Crippen LogP contribution in [0.3, 0.4) is 0 Å². The van der Waals surface area contributed by atoms with Crippen molar-refractivity contribution in [1.82, 2.24) is 10.2 Å². The molecule has 4 nitrogen and oxygen atoms in total. The molecular formula is C14H30N2O2. The van der Waals surface area contributed by atoms with E-state index in [2.05, 4.69) is 24.1 Å². The van der Waals surface area contributed by atoms with Crippen molar-refractivity contribution in [3.8, 4) is 0 Å². The Bertz CT molecular complexity index is 202. The van der Waals surface area contributed by atoms with E-state index in [0.29, 0.717) is 25.3 Å². The second-order valence-electron chi connectivity index (χ2n) is 5.20. The van der Waals surface area contributed by atoms with Crippen LogP contribution >= 0.6 is 0 Å². The first-order valence-electron chi connectivity index (χ1n) is 7.31. The Morgan fingerprint density at radius 2 is 1.94 bits per heavy atom. The van der Waals surface area contributed by atoms with Crippen LogP contribution in [0.4, 0.5) is 0 Å². The molecule has 2 unspecified atom stereocenters. The predicted molar refractivity (Wildman–Crippen MR) is 75.0 cm³/mol. The number of hydrogen-bond donors (Lipinski definition) is 1. The third kappa shape index (κ3) is 6.69. The Hall–Kier alpha value is -0.160. The molecule has 1 rings (SSSR count). The van der Waals surface area contributed by atoms with Crippen LogP contribution in [0.15, 0.2) is 0 Å². The number of nitrogens with zero attached hydrogens (tertiary/aromatic N) is 1. The lowest BCUT2D eigenvalue weighted by Crippen LogP contribution is -2.44. The zero-order valence-corrected chi connectivity index (χ0v) is 12.3. The fraction of sp³-hybridized carbons (Fsp3) is 1.00. The summed E-state index contributed by atoms with van der Waals surface area (Å²) in [7, 11) is 1.71. The summed E-state index contributed by atoms with van der Waals surface area (Å²) in [6.45, 7) is 10.2. The Labute approximate surface area is 112 Å². The molecular weight excluding hydrogens is 228 g/mol. The second kappa shape index (κ2) is 9.73. The molecule has 0 spiro atoms. The van der Waals surface area contributed by atoms with Gasteiger partial charge in [-0.1, -0.05) is 6.92 Å². The van der Waals surface area contributed by atoms with E-state index in [9.17, 15) is 0 Å². The zero-order chi connectivity index (χ0) is 13.2. The van der Waals surface area contributed by atoms with E-state index in [1.54, 1.807) is 7.11 Å². The smallest absolute Gasteiger partial charge is 0.0700 e. The van der Waals surface area contributed by atoms with Gasteiger partial charge in [0.05, 0.1) is 19.8 Å². The van der Waals surface area contributed by atoms with Crippen LogP contribution in [0.5, 0.6) is 0 Å². The van der Waals surface area contributed by atoms with Crippen LogP contribution in [0.25, 0.3) is 0 Å². The summed E-state index contributed by atoms with van der Waals surface area (Å²) in [6.07, 6.45) is 3.70. The fourth-order valence-electron chi connectivity index (χ4n) is 2.38. The normalized spacial score (nSPS) is 26.8. The lowest BCUT2D eigenvalue weighted by molar-refractivity contribution is 0.0546. The van der Waals surface area contributed by atoms with Gasteiger partial charge in [-0.3, -0.25) is 0 Å². The summed E-state index contributed by atoms with van der Waals surface area (Å²) in [5.41, 5.74) is 0. The Kier molecular flexibility index (Phi) is 8.59. The topological polar surface area (TPSA) is 33.7 Å². The molecule has 108 valence electrons. The maximum Gasteiger partial charge on any atom is 0.0700 e. The van der Waals surface area contributed by atoms with Crippen LogP contribution in [-0.4, -0.2) is 63.5 Å². The number of hydrogen-bond acceptors (Lipinski definition) is 4. The molecule has 0 aromatic carbocycles. The lowest BCUT2D eigenvalue weighted by atomic mass is 10.1. The van der Waals surface area contributed by atoms with Crippen LogP contribution in [0.2, 0.25) is 0 Å². The molecule has 1 heterocycles. The molecule has 0 amide bonds. The van der Waals surface area contributed by atoms with Gasteiger partial charge in [0.2, 0.25) is 0 Å². The Morgan fingerprint density at radius 1 is 1.17 bits per heavy atom. The minimum atomic E-state index is 0.632. The van der Waals surface area contributed by atoms with Gasteiger partial charge in [-0.15, -0.1) is 0 Å². The zero-order valence-electron chi connectivity index (χ0n) is 12.3. The SMILES string of the molecule is CCC1CCN(CCOCCOC)CCC(C)N1. The van der Waals surface area contributed by atoms with Gasteiger partial charge in [-0.25, -0.2) is 0 Å². The molecule has 1 N–H and O–H groups in total. The molecule has 1 aliphatic heterocycles. The van der Waals surface area contributed by atoms with Gasteiger partial charge in [0.15, 0.2) is 0 Å². The van der Waals surface area contributed by atoms with Crippen molar-refractivity contribution in [2.75, 3.05) is 46.6 Å². The van der Waals surface area contributed by atoms with Crippen molar-refractivity contribution in [2.45, 2.75) is 45.2 Å². The highest BCUT2D eigenvalue weighted by atomic mass is 16.5. The van der Waals surface area contributed by atoms with Gasteiger partial charge in [-0.2, -0.15) is 0 Å². The molecule has 18 heavy (non-hydrogen) atoms. The summed E-state index contributed by atoms with van der Waals surface area (Å²) in [5.74, 6) is 0. The molecule has 1 saturated heterocycles. The summed E-state index contributed by atoms with van der Waals surface area (Å²) < 4.78 is 10.5. The van der Waals surface area contributed by atoms with Crippen LogP contribution < -0.4 is 5.32 Å². The maximum absolute atomic E-state index is 5.55. The first-order chi connectivity index (χ1) is 8.76. The molecule has 4 heteroatoms. The number of nitrogens with one attached hydrogen (secondary N) is 1. The average Bonchev–Trinajstić information content (AvgIpc) is 2.36. The average molecular weight is 258 g/mol. The monoisotopic (exact) mass is 258 g/mol. The quantitative estimate of drug-likeness (QED) is 0.702. The summed E-state index contributed by atoms with van der Waals surface area (Å²) in [4.78, 5) is 2.53. The largest absolute Gasteiger partial charge is 0.382 e. The van der Waals surface area contributed by atoms with E-state index in [-0.39, 0.29) is 0 Å². The molecule has 0 aromatic heterocycles. The lowest BCUT2D eigenvalue weighted by Gasteiger charge is -2.31. The van der Waals surface area contributed by atoms with Crippen molar-refractivity contribution >= 4 is 0 Å². The van der Waals surface area contributed by atoms with Gasteiger partial charge >= 0.3 is 0 Å². The van der Waals surface area contributed by atoms with Crippen molar-refractivity contribution < 1.29 is 9.47 Å². The molecule has 1 fully saturated rings. The van der Waals surface area contributed by atoms with E-state index in [4.69, 9.17) is 9.47 Å². The molecule has 0 aromatic rings. The predicted octanol–water partition coefficient (Wildman–Crippen LogP) is 1.50. The van der Waals surface area contributed by atoms with Gasteiger partial charge in [0.25, 0.3) is 0 Å². The minimum Gasteiger partial charge on any atom is -0.382 e. The van der Waals surface area contributed by atoms with E-state index in [1.165, 1.54) is 32.4 Å². The molecule has 0 saturated carbocycles. The first kappa shape index (κ1) is 15.9. The molecule has 0 radical (unpaired) electrons. The molecule has 0 aliphatic carbocycles. The van der Waals surface area contributed by atoms with Gasteiger partial charge in [-0.05, 0) is 39.3 Å². The Morgan fingerprint density at radius 3 is 2.67 bits per heavy atom. The van der Waals surface area contributed by atoms with Crippen molar-refractivity contribution in [2.24, 2.45) is 0 Å². The van der Waals surface area contributed by atoms with Gasteiger partial charge in [0.1, 0.15) is 0 Å². The molecule has 0 bridgehead atoms. The van der Waals surface area contributed by atoms with E-state index in [0.717, 1.165) is 13.2 Å². The summed E-state index contributed by atoms with van der Waals surface area (Å²) in [6, 6.07) is 1.31. The standard InChI is InChI=1S/C14H30N2O2/c1-4-14-6-8-16(7-5-13(2)15-14)9-10-18-12-11-17-3/h13-15H,4-12H2,1-3H3. The van der Waals surface area contributed by atoms with Crippen LogP contribution in [0, 0.1) is 0 Å². The van der Waals surface area contributed by atoms with Crippen molar-refractivity contribution in [3.63, 3.8) is 0 Å². The number of ether oxygens (including phenoxy) is 2. The number of rotatable bonds is 7. The molecule has 2 atom stereocenters. The van der Waals surface area contributed by atoms with E-state index in [1.807, 2.05) is 0 Å². The highest BCUT2D eigenvalue weighted by Gasteiger charge is 2.17. The van der Waals surface area contributed by atoms with Crippen molar-refractivity contribution in [1.29, 1.82) is 0 Å². The van der Waals surface area contributed by atoms with E-state index >= 15 is 0 Å². The highest BCUT2D eigenvalue weighted by molar-refractivity contribution is 4.76. The van der Waals surface area contributed by atoms with Gasteiger partial charge in [0, 0.05) is 25.7 Å².